The van der Waals surface area contributed by atoms with Gasteiger partial charge in [0.05, 0.1) is 12.6 Å². The normalized spacial score (nSPS) is 12.7. The van der Waals surface area contributed by atoms with E-state index in [1.54, 1.807) is 36.2 Å². The van der Waals surface area contributed by atoms with Crippen LogP contribution in [0.1, 0.15) is 50.2 Å². The number of methoxy groups -OCH3 is 1. The summed E-state index contributed by atoms with van der Waals surface area (Å²) in [6.07, 6.45) is 4.27. The predicted octanol–water partition coefficient (Wildman–Crippen LogP) is 3.52. The van der Waals surface area contributed by atoms with E-state index in [1.807, 2.05) is 13.1 Å². The lowest BCUT2D eigenvalue weighted by Gasteiger charge is -2.18. The minimum Gasteiger partial charge on any atom is -0.384 e. The molecule has 0 spiro atoms. The number of para-hydroxylation sites is 1. The Kier molecular flexibility index (Phi) is 5.46. The first-order chi connectivity index (χ1) is 12.5. The molecule has 0 bridgehead atoms. The van der Waals surface area contributed by atoms with Gasteiger partial charge >= 0.3 is 0 Å². The third kappa shape index (κ3) is 3.53. The van der Waals surface area contributed by atoms with Crippen molar-refractivity contribution in [3.63, 3.8) is 0 Å². The van der Waals surface area contributed by atoms with Gasteiger partial charge in [0.25, 0.3) is 0 Å². The summed E-state index contributed by atoms with van der Waals surface area (Å²) < 4.78 is 23.2. The van der Waals surface area contributed by atoms with Crippen LogP contribution in [0, 0.1) is 5.82 Å². The molecule has 3 aromatic rings. The number of nitrogens with zero attached hydrogens (tertiary/aromatic N) is 5. The third-order valence-corrected chi connectivity index (χ3v) is 4.29. The van der Waals surface area contributed by atoms with Gasteiger partial charge in [-0.2, -0.15) is 5.10 Å². The van der Waals surface area contributed by atoms with Crippen LogP contribution in [0.15, 0.2) is 36.7 Å². The molecule has 2 heterocycles. The van der Waals surface area contributed by atoms with Gasteiger partial charge in [0.2, 0.25) is 0 Å². The molecule has 0 N–H and O–H groups in total. The van der Waals surface area contributed by atoms with Crippen LogP contribution in [-0.4, -0.2) is 38.0 Å². The summed E-state index contributed by atoms with van der Waals surface area (Å²) in [7, 11) is 1.64. The third-order valence-electron chi connectivity index (χ3n) is 4.29. The summed E-state index contributed by atoms with van der Waals surface area (Å²) in [4.78, 5) is 9.13. The molecule has 6 nitrogen and oxygen atoms in total. The van der Waals surface area contributed by atoms with E-state index in [4.69, 9.17) is 4.74 Å². The summed E-state index contributed by atoms with van der Waals surface area (Å²) in [5, 5.41) is 4.54. The topological polar surface area (TPSA) is 57.8 Å². The highest BCUT2D eigenvalue weighted by Crippen LogP contribution is 2.25. The average Bonchev–Trinajstić information content (AvgIpc) is 3.27. The van der Waals surface area contributed by atoms with Gasteiger partial charge in [0, 0.05) is 31.8 Å². The molecule has 0 amide bonds. The number of ether oxygens (including phenoxy) is 1. The van der Waals surface area contributed by atoms with Crippen molar-refractivity contribution in [1.82, 2.24) is 24.3 Å². The lowest BCUT2D eigenvalue weighted by Crippen LogP contribution is -2.16. The first-order valence-electron chi connectivity index (χ1n) is 8.75. The highest BCUT2D eigenvalue weighted by atomic mass is 19.1. The maximum absolute atomic E-state index is 14.4. The fraction of sp³-hybridized carbons (Fsp3) is 0.421. The van der Waals surface area contributed by atoms with Crippen LogP contribution in [-0.2, 0) is 11.2 Å². The van der Waals surface area contributed by atoms with Gasteiger partial charge in [0.15, 0.2) is 11.6 Å². The van der Waals surface area contributed by atoms with Gasteiger partial charge in [-0.25, -0.2) is 19.0 Å². The molecule has 0 aliphatic heterocycles. The summed E-state index contributed by atoms with van der Waals surface area (Å²) >= 11 is 0. The number of aromatic nitrogens is 5. The van der Waals surface area contributed by atoms with Crippen molar-refractivity contribution >= 4 is 0 Å². The molecule has 2 aromatic heterocycles. The Balaban J connectivity index is 2.08. The molecule has 0 saturated carbocycles. The van der Waals surface area contributed by atoms with Crippen LogP contribution in [0.4, 0.5) is 4.39 Å². The number of rotatable bonds is 7. The van der Waals surface area contributed by atoms with Crippen LogP contribution in [0.5, 0.6) is 0 Å². The molecule has 7 heteroatoms. The molecule has 0 fully saturated rings. The molecule has 0 saturated heterocycles. The fourth-order valence-corrected chi connectivity index (χ4v) is 2.96. The second-order valence-electron chi connectivity index (χ2n) is 6.52. The summed E-state index contributed by atoms with van der Waals surface area (Å²) in [6.45, 7) is 6.72. The van der Waals surface area contributed by atoms with Gasteiger partial charge in [-0.05, 0) is 19.1 Å². The van der Waals surface area contributed by atoms with Crippen LogP contribution in [0.2, 0.25) is 0 Å². The van der Waals surface area contributed by atoms with E-state index in [1.165, 1.54) is 6.07 Å². The van der Waals surface area contributed by atoms with Crippen LogP contribution in [0.3, 0.4) is 0 Å². The Bertz CT molecular complexity index is 870. The number of halogens is 1. The average molecular weight is 357 g/mol. The SMILES string of the molecule is COCCc1nc(C(C)n2ccnc2C(C)C)n(-c2ccccc2F)n1. The molecular formula is C19H24FN5O. The highest BCUT2D eigenvalue weighted by Gasteiger charge is 2.23. The summed E-state index contributed by atoms with van der Waals surface area (Å²) in [5.74, 6) is 2.19. The van der Waals surface area contributed by atoms with Crippen molar-refractivity contribution in [2.24, 2.45) is 0 Å². The Morgan fingerprint density at radius 3 is 2.62 bits per heavy atom. The Morgan fingerprint density at radius 2 is 1.92 bits per heavy atom. The first kappa shape index (κ1) is 18.3. The number of benzene rings is 1. The van der Waals surface area contributed by atoms with Crippen LogP contribution < -0.4 is 0 Å². The first-order valence-corrected chi connectivity index (χ1v) is 8.75. The van der Waals surface area contributed by atoms with Gasteiger partial charge in [-0.15, -0.1) is 0 Å². The van der Waals surface area contributed by atoms with E-state index in [2.05, 4.69) is 33.5 Å². The van der Waals surface area contributed by atoms with Crippen molar-refractivity contribution in [3.05, 3.63) is 59.9 Å². The van der Waals surface area contributed by atoms with E-state index in [9.17, 15) is 4.39 Å². The second-order valence-corrected chi connectivity index (χ2v) is 6.52. The second kappa shape index (κ2) is 7.78. The molecule has 3 rings (SSSR count). The molecule has 1 aromatic carbocycles. The molecule has 138 valence electrons. The minimum atomic E-state index is -0.334. The lowest BCUT2D eigenvalue weighted by atomic mass is 10.2. The van der Waals surface area contributed by atoms with E-state index in [-0.39, 0.29) is 17.8 Å². The van der Waals surface area contributed by atoms with Gasteiger partial charge in [0.1, 0.15) is 17.3 Å². The Morgan fingerprint density at radius 1 is 1.15 bits per heavy atom. The molecule has 0 radical (unpaired) electrons. The maximum Gasteiger partial charge on any atom is 0.155 e. The zero-order valence-electron chi connectivity index (χ0n) is 15.6. The molecule has 1 atom stereocenters. The predicted molar refractivity (Wildman–Crippen MR) is 97.0 cm³/mol. The number of imidazole rings is 1. The molecule has 1 unspecified atom stereocenters. The Labute approximate surface area is 152 Å². The van der Waals surface area contributed by atoms with Gasteiger partial charge in [-0.1, -0.05) is 26.0 Å². The lowest BCUT2D eigenvalue weighted by molar-refractivity contribution is 0.200. The quantitative estimate of drug-likeness (QED) is 0.649. The number of hydrogen-bond donors (Lipinski definition) is 0. The Hall–Kier alpha value is -2.54. The smallest absolute Gasteiger partial charge is 0.155 e. The van der Waals surface area contributed by atoms with Gasteiger partial charge < -0.3 is 9.30 Å². The van der Waals surface area contributed by atoms with E-state index in [0.29, 0.717) is 30.4 Å². The van der Waals surface area contributed by atoms with Crippen molar-refractivity contribution in [2.75, 3.05) is 13.7 Å². The summed E-state index contributed by atoms with van der Waals surface area (Å²) in [6, 6.07) is 6.45. The maximum atomic E-state index is 14.4. The number of hydrogen-bond acceptors (Lipinski definition) is 4. The minimum absolute atomic E-state index is 0.140. The summed E-state index contributed by atoms with van der Waals surface area (Å²) in [5.41, 5.74) is 0.386. The van der Waals surface area contributed by atoms with Crippen molar-refractivity contribution in [2.45, 2.75) is 39.2 Å². The van der Waals surface area contributed by atoms with E-state index in [0.717, 1.165) is 5.82 Å². The van der Waals surface area contributed by atoms with Crippen molar-refractivity contribution in [1.29, 1.82) is 0 Å². The highest BCUT2D eigenvalue weighted by molar-refractivity contribution is 5.34. The van der Waals surface area contributed by atoms with Crippen molar-refractivity contribution < 1.29 is 9.13 Å². The molecule has 26 heavy (non-hydrogen) atoms. The molecular weight excluding hydrogens is 333 g/mol. The van der Waals surface area contributed by atoms with Crippen molar-refractivity contribution in [3.8, 4) is 5.69 Å². The fourth-order valence-electron chi connectivity index (χ4n) is 2.96. The van der Waals surface area contributed by atoms with Crippen LogP contribution >= 0.6 is 0 Å². The standard InChI is InChI=1S/C19H24FN5O/c1-13(2)18-21-10-11-24(18)14(3)19-22-17(9-12-26-4)23-25(19)16-8-6-5-7-15(16)20/h5-8,10-11,13-14H,9,12H2,1-4H3. The van der Waals surface area contributed by atoms with Gasteiger partial charge in [-0.3, -0.25) is 0 Å². The zero-order valence-corrected chi connectivity index (χ0v) is 15.6. The largest absolute Gasteiger partial charge is 0.384 e. The zero-order chi connectivity index (χ0) is 18.7. The molecule has 0 aliphatic carbocycles. The monoisotopic (exact) mass is 357 g/mol. The van der Waals surface area contributed by atoms with Crippen LogP contribution in [0.25, 0.3) is 5.69 Å². The molecule has 0 aliphatic rings. The van der Waals surface area contributed by atoms with E-state index < -0.39 is 0 Å². The van der Waals surface area contributed by atoms with E-state index >= 15 is 0 Å².